The molecule has 0 aromatic carbocycles. The lowest BCUT2D eigenvalue weighted by Crippen LogP contribution is -2.20. The van der Waals surface area contributed by atoms with E-state index in [4.69, 9.17) is 0 Å². The highest BCUT2D eigenvalue weighted by Gasteiger charge is 2.01. The summed E-state index contributed by atoms with van der Waals surface area (Å²) in [6, 6.07) is 0. The molecule has 0 spiro atoms. The quantitative estimate of drug-likeness (QED) is 0.595. The molecule has 0 aliphatic carbocycles. The minimum absolute atomic E-state index is 0.178. The van der Waals surface area contributed by atoms with Crippen molar-refractivity contribution < 1.29 is 5.11 Å². The second-order valence-electron chi connectivity index (χ2n) is 3.50. The van der Waals surface area contributed by atoms with Crippen LogP contribution in [0.1, 0.15) is 31.2 Å². The number of aromatic amines is 1. The first-order valence-electron chi connectivity index (χ1n) is 5.11. The number of rotatable bonds is 6. The van der Waals surface area contributed by atoms with Crippen LogP contribution in [-0.4, -0.2) is 27.7 Å². The molecular formula is C10H19N3O. The summed E-state index contributed by atoms with van der Waals surface area (Å²) in [5, 5.41) is 12.6. The topological polar surface area (TPSA) is 60.9 Å². The summed E-state index contributed by atoms with van der Waals surface area (Å²) in [4.78, 5) is 7.20. The minimum Gasteiger partial charge on any atom is -0.393 e. The number of nitrogens with zero attached hydrogens (tertiary/aromatic N) is 1. The van der Waals surface area contributed by atoms with Gasteiger partial charge in [0, 0.05) is 12.2 Å². The second kappa shape index (κ2) is 5.78. The number of hydrogen-bond acceptors (Lipinski definition) is 3. The first kappa shape index (κ1) is 11.2. The zero-order chi connectivity index (χ0) is 10.4. The van der Waals surface area contributed by atoms with Gasteiger partial charge in [0.05, 0.1) is 18.1 Å². The van der Waals surface area contributed by atoms with Crippen molar-refractivity contribution in [2.45, 2.75) is 39.3 Å². The molecule has 1 heterocycles. The van der Waals surface area contributed by atoms with E-state index in [0.717, 1.165) is 37.3 Å². The summed E-state index contributed by atoms with van der Waals surface area (Å²) in [6.07, 6.45) is 3.15. The first-order chi connectivity index (χ1) is 6.74. The van der Waals surface area contributed by atoms with Crippen molar-refractivity contribution in [3.63, 3.8) is 0 Å². The maximum absolute atomic E-state index is 9.31. The summed E-state index contributed by atoms with van der Waals surface area (Å²) < 4.78 is 0. The second-order valence-corrected chi connectivity index (χ2v) is 3.50. The molecule has 1 aromatic rings. The molecule has 4 heteroatoms. The standard InChI is InChI=1S/C10H19N3O/c1-3-9(14)4-5-11-6-10-8(2)12-7-13-10/h7,9,11,14H,3-6H2,1-2H3,(H,12,13). The number of aryl methyl sites for hydroxylation is 1. The molecule has 0 fully saturated rings. The Kier molecular flexibility index (Phi) is 4.62. The summed E-state index contributed by atoms with van der Waals surface area (Å²) in [5.41, 5.74) is 2.16. The lowest BCUT2D eigenvalue weighted by molar-refractivity contribution is 0.159. The van der Waals surface area contributed by atoms with E-state index in [1.165, 1.54) is 0 Å². The Morgan fingerprint density at radius 1 is 1.64 bits per heavy atom. The molecular weight excluding hydrogens is 178 g/mol. The van der Waals surface area contributed by atoms with Gasteiger partial charge in [-0.15, -0.1) is 0 Å². The van der Waals surface area contributed by atoms with E-state index in [-0.39, 0.29) is 6.10 Å². The Hall–Kier alpha value is -0.870. The highest BCUT2D eigenvalue weighted by Crippen LogP contribution is 2.00. The number of aliphatic hydroxyl groups excluding tert-OH is 1. The fourth-order valence-electron chi connectivity index (χ4n) is 1.24. The predicted octanol–water partition coefficient (Wildman–Crippen LogP) is 0.969. The Balaban J connectivity index is 2.13. The van der Waals surface area contributed by atoms with Gasteiger partial charge in [-0.05, 0) is 26.3 Å². The average molecular weight is 197 g/mol. The largest absolute Gasteiger partial charge is 0.393 e. The van der Waals surface area contributed by atoms with Crippen molar-refractivity contribution in [1.29, 1.82) is 0 Å². The Morgan fingerprint density at radius 3 is 3.00 bits per heavy atom. The Morgan fingerprint density at radius 2 is 2.43 bits per heavy atom. The molecule has 0 saturated carbocycles. The molecule has 1 atom stereocenters. The molecule has 0 saturated heterocycles. The molecule has 1 aromatic heterocycles. The molecule has 80 valence electrons. The van der Waals surface area contributed by atoms with Gasteiger partial charge >= 0.3 is 0 Å². The highest BCUT2D eigenvalue weighted by molar-refractivity contribution is 5.07. The summed E-state index contributed by atoms with van der Waals surface area (Å²) in [7, 11) is 0. The number of aliphatic hydroxyl groups is 1. The number of aromatic nitrogens is 2. The predicted molar refractivity (Wildman–Crippen MR) is 55.9 cm³/mol. The van der Waals surface area contributed by atoms with Crippen molar-refractivity contribution in [1.82, 2.24) is 15.3 Å². The molecule has 0 radical (unpaired) electrons. The molecule has 0 aliphatic rings. The normalized spacial score (nSPS) is 13.1. The van der Waals surface area contributed by atoms with E-state index < -0.39 is 0 Å². The lowest BCUT2D eigenvalue weighted by atomic mass is 10.2. The molecule has 0 amide bonds. The molecule has 3 N–H and O–H groups in total. The van der Waals surface area contributed by atoms with Crippen LogP contribution < -0.4 is 5.32 Å². The van der Waals surface area contributed by atoms with Gasteiger partial charge in [-0.3, -0.25) is 0 Å². The fraction of sp³-hybridized carbons (Fsp3) is 0.700. The SMILES string of the molecule is CCC(O)CCNCc1nc[nH]c1C. The van der Waals surface area contributed by atoms with Crippen LogP contribution in [-0.2, 0) is 6.54 Å². The highest BCUT2D eigenvalue weighted by atomic mass is 16.3. The van der Waals surface area contributed by atoms with Crippen molar-refractivity contribution >= 4 is 0 Å². The van der Waals surface area contributed by atoms with Crippen LogP contribution in [0.5, 0.6) is 0 Å². The molecule has 0 aliphatic heterocycles. The van der Waals surface area contributed by atoms with Crippen molar-refractivity contribution in [3.05, 3.63) is 17.7 Å². The molecule has 4 nitrogen and oxygen atoms in total. The van der Waals surface area contributed by atoms with Gasteiger partial charge in [0.1, 0.15) is 0 Å². The van der Waals surface area contributed by atoms with Gasteiger partial charge < -0.3 is 15.4 Å². The molecule has 1 rings (SSSR count). The van der Waals surface area contributed by atoms with Crippen LogP contribution in [0.2, 0.25) is 0 Å². The van der Waals surface area contributed by atoms with Crippen molar-refractivity contribution in [2.75, 3.05) is 6.54 Å². The van der Waals surface area contributed by atoms with Gasteiger partial charge in [-0.1, -0.05) is 6.92 Å². The van der Waals surface area contributed by atoms with E-state index in [1.807, 2.05) is 13.8 Å². The van der Waals surface area contributed by atoms with Gasteiger partial charge in [0.2, 0.25) is 0 Å². The zero-order valence-corrected chi connectivity index (χ0v) is 8.88. The number of H-pyrrole nitrogens is 1. The third-order valence-electron chi connectivity index (χ3n) is 2.35. The lowest BCUT2D eigenvalue weighted by Gasteiger charge is -2.07. The zero-order valence-electron chi connectivity index (χ0n) is 8.88. The van der Waals surface area contributed by atoms with Crippen LogP contribution in [0.25, 0.3) is 0 Å². The Bertz CT molecular complexity index is 260. The van der Waals surface area contributed by atoms with Crippen LogP contribution in [0.3, 0.4) is 0 Å². The number of hydrogen-bond donors (Lipinski definition) is 3. The van der Waals surface area contributed by atoms with Crippen LogP contribution in [0, 0.1) is 6.92 Å². The third-order valence-corrected chi connectivity index (χ3v) is 2.35. The Labute approximate surface area is 84.8 Å². The number of nitrogens with one attached hydrogen (secondary N) is 2. The molecule has 1 unspecified atom stereocenters. The summed E-state index contributed by atoms with van der Waals surface area (Å²) in [6.45, 7) is 5.60. The van der Waals surface area contributed by atoms with Gasteiger partial charge in [-0.2, -0.15) is 0 Å². The van der Waals surface area contributed by atoms with Crippen molar-refractivity contribution in [2.24, 2.45) is 0 Å². The van der Waals surface area contributed by atoms with Gasteiger partial charge in [-0.25, -0.2) is 4.98 Å². The van der Waals surface area contributed by atoms with Crippen LogP contribution in [0.4, 0.5) is 0 Å². The van der Waals surface area contributed by atoms with Crippen molar-refractivity contribution in [3.8, 4) is 0 Å². The van der Waals surface area contributed by atoms with Gasteiger partial charge in [0.15, 0.2) is 0 Å². The smallest absolute Gasteiger partial charge is 0.0925 e. The number of imidazole rings is 1. The summed E-state index contributed by atoms with van der Waals surface area (Å²) in [5.74, 6) is 0. The van der Waals surface area contributed by atoms with E-state index in [2.05, 4.69) is 15.3 Å². The third kappa shape index (κ3) is 3.47. The van der Waals surface area contributed by atoms with E-state index in [0.29, 0.717) is 0 Å². The maximum Gasteiger partial charge on any atom is 0.0925 e. The van der Waals surface area contributed by atoms with E-state index >= 15 is 0 Å². The van der Waals surface area contributed by atoms with Crippen LogP contribution in [0.15, 0.2) is 6.33 Å². The van der Waals surface area contributed by atoms with Gasteiger partial charge in [0.25, 0.3) is 0 Å². The fourth-order valence-corrected chi connectivity index (χ4v) is 1.24. The average Bonchev–Trinajstić information content (AvgIpc) is 2.58. The first-order valence-corrected chi connectivity index (χ1v) is 5.11. The van der Waals surface area contributed by atoms with E-state index in [9.17, 15) is 5.11 Å². The van der Waals surface area contributed by atoms with E-state index in [1.54, 1.807) is 6.33 Å². The molecule has 14 heavy (non-hydrogen) atoms. The van der Waals surface area contributed by atoms with Crippen LogP contribution >= 0.6 is 0 Å². The molecule has 0 bridgehead atoms. The monoisotopic (exact) mass is 197 g/mol. The summed E-state index contributed by atoms with van der Waals surface area (Å²) >= 11 is 0. The minimum atomic E-state index is -0.178. The maximum atomic E-state index is 9.31.